The summed E-state index contributed by atoms with van der Waals surface area (Å²) in [7, 11) is 0. The molecule has 0 spiro atoms. The average molecular weight is 728 g/mol. The molecule has 6 heterocycles. The van der Waals surface area contributed by atoms with Gasteiger partial charge in [0.05, 0.1) is 38.4 Å². The molecule has 2 unspecified atom stereocenters. The van der Waals surface area contributed by atoms with E-state index in [4.69, 9.17) is 31.8 Å². The molecule has 4 atom stereocenters. The first-order chi connectivity index (χ1) is 24.1. The highest BCUT2D eigenvalue weighted by Gasteiger charge is 2.49. The van der Waals surface area contributed by atoms with Crippen LogP contribution in [0.15, 0.2) is 12.1 Å². The monoisotopic (exact) mass is 727 g/mol. The van der Waals surface area contributed by atoms with Gasteiger partial charge in [-0.25, -0.2) is 13.2 Å². The normalized spacial score (nSPS) is 24.7. The van der Waals surface area contributed by atoms with E-state index in [1.807, 2.05) is 11.0 Å². The van der Waals surface area contributed by atoms with Gasteiger partial charge in [0.2, 0.25) is 0 Å². The zero-order chi connectivity index (χ0) is 34.9. The third kappa shape index (κ3) is 5.40. The van der Waals surface area contributed by atoms with Gasteiger partial charge < -0.3 is 30.5 Å². The van der Waals surface area contributed by atoms with Gasteiger partial charge in [0, 0.05) is 30.5 Å². The predicted octanol–water partition coefficient (Wildman–Crippen LogP) is 5.80. The fraction of sp³-hybridized carbons (Fsp3) is 0.514. The number of fused-ring (bicyclic) bond motifs is 2. The Labute approximate surface area is 295 Å². The van der Waals surface area contributed by atoms with Gasteiger partial charge >= 0.3 is 6.01 Å². The average Bonchev–Trinajstić information content (AvgIpc) is 3.71. The highest BCUT2D eigenvalue weighted by molar-refractivity contribution is 7.23. The number of benzene rings is 2. The van der Waals surface area contributed by atoms with Crippen LogP contribution in [0.5, 0.6) is 11.8 Å². The molecular formula is C35H37ClF3N7O3S. The number of anilines is 2. The Kier molecular flexibility index (Phi) is 8.62. The number of nitrogens with two attached hydrogens (primary N) is 1. The first-order valence-corrected chi connectivity index (χ1v) is 18.2. The van der Waals surface area contributed by atoms with Gasteiger partial charge in [-0.05, 0) is 69.8 Å². The maximum absolute atomic E-state index is 17.3. The van der Waals surface area contributed by atoms with Crippen LogP contribution < -0.4 is 25.4 Å². The van der Waals surface area contributed by atoms with Crippen LogP contribution in [-0.4, -0.2) is 89.8 Å². The smallest absolute Gasteiger partial charge is 0.319 e. The van der Waals surface area contributed by atoms with Crippen molar-refractivity contribution in [2.45, 2.75) is 62.9 Å². The van der Waals surface area contributed by atoms with Crippen LogP contribution in [-0.2, 0) is 0 Å². The van der Waals surface area contributed by atoms with E-state index >= 15 is 8.78 Å². The van der Waals surface area contributed by atoms with E-state index in [0.717, 1.165) is 56.7 Å². The maximum atomic E-state index is 17.3. The third-order valence-corrected chi connectivity index (χ3v) is 12.3. The number of rotatable bonds is 7. The number of thiophene rings is 1. The van der Waals surface area contributed by atoms with E-state index in [2.05, 4.69) is 15.2 Å². The number of nitriles is 1. The zero-order valence-corrected chi connectivity index (χ0v) is 29.0. The van der Waals surface area contributed by atoms with Crippen molar-refractivity contribution in [1.82, 2.24) is 20.2 Å². The lowest BCUT2D eigenvalue weighted by Gasteiger charge is -2.37. The van der Waals surface area contributed by atoms with Crippen LogP contribution in [0.2, 0.25) is 5.02 Å². The van der Waals surface area contributed by atoms with Crippen LogP contribution in [0.4, 0.5) is 24.0 Å². The van der Waals surface area contributed by atoms with Crippen molar-refractivity contribution in [2.75, 3.05) is 56.6 Å². The number of nitrogen functional groups attached to an aromatic ring is 1. The Morgan fingerprint density at radius 1 is 1.28 bits per heavy atom. The van der Waals surface area contributed by atoms with Crippen LogP contribution >= 0.6 is 22.9 Å². The Hall–Kier alpha value is -3.61. The molecule has 50 heavy (non-hydrogen) atoms. The molecule has 2 aromatic carbocycles. The van der Waals surface area contributed by atoms with Crippen LogP contribution in [0.3, 0.4) is 0 Å². The number of nitrogens with zero attached hydrogens (tertiary/aromatic N) is 5. The number of nitrogens with one attached hydrogen (secondary N) is 1. The Morgan fingerprint density at radius 2 is 2.08 bits per heavy atom. The highest BCUT2D eigenvalue weighted by atomic mass is 35.5. The second-order valence-corrected chi connectivity index (χ2v) is 15.4. The van der Waals surface area contributed by atoms with E-state index in [9.17, 15) is 14.8 Å². The largest absolute Gasteiger partial charge is 0.489 e. The van der Waals surface area contributed by atoms with E-state index in [1.54, 1.807) is 6.92 Å². The molecule has 15 heteroatoms. The molecule has 10 nitrogen and oxygen atoms in total. The van der Waals surface area contributed by atoms with Gasteiger partial charge in [0.15, 0.2) is 11.6 Å². The molecule has 0 saturated carbocycles. The van der Waals surface area contributed by atoms with Crippen molar-refractivity contribution < 1.29 is 27.8 Å². The number of aliphatic hydroxyl groups excluding tert-OH is 1. The fourth-order valence-electron chi connectivity index (χ4n) is 8.42. The number of piperidine rings is 1. The molecule has 0 aliphatic carbocycles. The minimum absolute atomic E-state index is 0.00128. The van der Waals surface area contributed by atoms with Crippen molar-refractivity contribution in [1.29, 1.82) is 5.26 Å². The molecule has 3 saturated heterocycles. The summed E-state index contributed by atoms with van der Waals surface area (Å²) in [6.45, 7) is 5.11. The summed E-state index contributed by atoms with van der Waals surface area (Å²) in [6, 6.07) is 3.90. The number of hydrogen-bond acceptors (Lipinski definition) is 11. The number of ether oxygens (including phenoxy) is 2. The zero-order valence-electron chi connectivity index (χ0n) is 27.4. The lowest BCUT2D eigenvalue weighted by atomic mass is 9.95. The van der Waals surface area contributed by atoms with Crippen LogP contribution in [0.1, 0.15) is 44.6 Å². The number of hydrogen-bond donors (Lipinski definition) is 3. The number of alkyl halides is 1. The minimum Gasteiger partial charge on any atom is -0.489 e. The molecule has 0 bridgehead atoms. The standard InChI is InChI=1S/C35H37ClF3N7O3S/c1-17(47)23-15-48-30-26-29(28(39)25(27(30)36)20-3-4-22(38)31-24(20)21(12-40)32(41)50-31)43-34(44-33(26)46(23)13-18-5-8-42-9-6-18)49-16-35-7-2-10-45(35)14-19(37)11-35/h3-4,17-19,23,42,47H,2,5-11,13-16,41H2,1H3/t17?,19-,23?,35+/m1/s1. The van der Waals surface area contributed by atoms with E-state index in [1.165, 1.54) is 12.1 Å². The molecule has 3 fully saturated rings. The summed E-state index contributed by atoms with van der Waals surface area (Å²) in [6.07, 6.45) is 1.97. The second kappa shape index (κ2) is 12.9. The van der Waals surface area contributed by atoms with Crippen molar-refractivity contribution in [2.24, 2.45) is 5.92 Å². The van der Waals surface area contributed by atoms with Crippen molar-refractivity contribution >= 4 is 54.7 Å². The van der Waals surface area contributed by atoms with Crippen molar-refractivity contribution in [3.63, 3.8) is 0 Å². The van der Waals surface area contributed by atoms with Crippen molar-refractivity contribution in [3.8, 4) is 29.0 Å². The summed E-state index contributed by atoms with van der Waals surface area (Å²) >= 11 is 7.99. The summed E-state index contributed by atoms with van der Waals surface area (Å²) < 4.78 is 59.8. The van der Waals surface area contributed by atoms with E-state index in [-0.39, 0.29) is 78.6 Å². The van der Waals surface area contributed by atoms with E-state index in [0.29, 0.717) is 25.3 Å². The number of aromatic nitrogens is 2. The summed E-state index contributed by atoms with van der Waals surface area (Å²) in [5.41, 5.74) is 5.50. The molecular weight excluding hydrogens is 691 g/mol. The SMILES string of the molecule is CC(O)C1COc2c(Cl)c(-c3ccc(F)c4sc(N)c(C#N)c34)c(F)c3nc(OC[C@@]45CCCN4C[C@H](F)C5)nc(c23)N1CC1CCNCC1. The predicted molar refractivity (Wildman–Crippen MR) is 187 cm³/mol. The molecule has 0 amide bonds. The Morgan fingerprint density at radius 3 is 2.84 bits per heavy atom. The molecule has 8 rings (SSSR count). The minimum atomic E-state index is -0.966. The molecule has 2 aromatic heterocycles. The molecule has 4 aliphatic rings. The maximum Gasteiger partial charge on any atom is 0.319 e. The first-order valence-electron chi connectivity index (χ1n) is 17.0. The Bertz CT molecular complexity index is 2040. The summed E-state index contributed by atoms with van der Waals surface area (Å²) in [4.78, 5) is 13.6. The molecule has 264 valence electrons. The van der Waals surface area contributed by atoms with Crippen molar-refractivity contribution in [3.05, 3.63) is 34.4 Å². The summed E-state index contributed by atoms with van der Waals surface area (Å²) in [5, 5.41) is 24.8. The second-order valence-electron chi connectivity index (χ2n) is 14.0. The topological polar surface area (TPSA) is 133 Å². The van der Waals surface area contributed by atoms with Gasteiger partial charge in [-0.15, -0.1) is 11.3 Å². The van der Waals surface area contributed by atoms with E-state index < -0.39 is 35.5 Å². The van der Waals surface area contributed by atoms with Gasteiger partial charge in [0.25, 0.3) is 0 Å². The van der Waals surface area contributed by atoms with Gasteiger partial charge in [-0.2, -0.15) is 15.2 Å². The molecule has 4 aromatic rings. The Balaban J connectivity index is 1.35. The molecule has 0 radical (unpaired) electrons. The van der Waals surface area contributed by atoms with Gasteiger partial charge in [-0.3, -0.25) is 4.90 Å². The van der Waals surface area contributed by atoms with Crippen LogP contribution in [0.25, 0.3) is 32.1 Å². The quantitative estimate of drug-likeness (QED) is 0.215. The lowest BCUT2D eigenvalue weighted by Crippen LogP contribution is -2.49. The fourth-order valence-corrected chi connectivity index (χ4v) is 9.70. The number of halogens is 4. The van der Waals surface area contributed by atoms with Gasteiger partial charge in [-0.1, -0.05) is 17.7 Å². The third-order valence-electron chi connectivity index (χ3n) is 10.9. The van der Waals surface area contributed by atoms with Gasteiger partial charge in [0.1, 0.15) is 47.6 Å². The first kappa shape index (κ1) is 33.5. The number of aliphatic hydroxyl groups is 1. The summed E-state index contributed by atoms with van der Waals surface area (Å²) in [5.74, 6) is -0.777. The highest BCUT2D eigenvalue weighted by Crippen LogP contribution is 2.51. The lowest BCUT2D eigenvalue weighted by molar-refractivity contribution is 0.107. The molecule has 4 aliphatic heterocycles. The van der Waals surface area contributed by atoms with Crippen LogP contribution in [0, 0.1) is 28.9 Å². The molecule has 4 N–H and O–H groups in total.